The third kappa shape index (κ3) is 4.57. The van der Waals surface area contributed by atoms with Crippen molar-refractivity contribution in [3.05, 3.63) is 76.3 Å². The molecule has 3 aromatic rings. The van der Waals surface area contributed by atoms with E-state index in [-0.39, 0.29) is 18.3 Å². The Balaban J connectivity index is 1.62. The average Bonchev–Trinajstić information content (AvgIpc) is 3.09. The summed E-state index contributed by atoms with van der Waals surface area (Å²) in [5.41, 5.74) is 1.52. The van der Waals surface area contributed by atoms with E-state index in [1.165, 1.54) is 18.2 Å². The molecule has 25 heavy (non-hydrogen) atoms. The van der Waals surface area contributed by atoms with Gasteiger partial charge in [-0.3, -0.25) is 4.79 Å². The lowest BCUT2D eigenvalue weighted by Crippen LogP contribution is -2.22. The van der Waals surface area contributed by atoms with Crippen molar-refractivity contribution in [2.24, 2.45) is 0 Å². The predicted molar refractivity (Wildman–Crippen MR) is 94.1 cm³/mol. The fraction of sp³-hybridized carbons (Fsp3) is 0.0588. The van der Waals surface area contributed by atoms with E-state index >= 15 is 0 Å². The number of aromatic nitrogens is 4. The van der Waals surface area contributed by atoms with Gasteiger partial charge in [0.05, 0.1) is 12.2 Å². The maximum atomic E-state index is 12.8. The van der Waals surface area contributed by atoms with E-state index in [2.05, 4.69) is 36.8 Å². The van der Waals surface area contributed by atoms with Gasteiger partial charge in [-0.1, -0.05) is 28.1 Å². The molecule has 0 unspecified atom stereocenters. The minimum atomic E-state index is -0.318. The molecule has 0 fully saturated rings. The first-order chi connectivity index (χ1) is 12.1. The highest BCUT2D eigenvalue weighted by atomic mass is 79.9. The van der Waals surface area contributed by atoms with Crippen molar-refractivity contribution in [2.75, 3.05) is 0 Å². The Labute approximate surface area is 151 Å². The summed E-state index contributed by atoms with van der Waals surface area (Å²) >= 11 is 3.37. The molecule has 1 heterocycles. The molecule has 0 aliphatic rings. The maximum Gasteiger partial charge on any atom is 0.244 e. The number of amides is 1. The van der Waals surface area contributed by atoms with E-state index in [9.17, 15) is 9.18 Å². The number of carbonyl (C=O) groups excluding carboxylic acids is 1. The second-order valence-electron chi connectivity index (χ2n) is 5.09. The molecule has 0 saturated carbocycles. The van der Waals surface area contributed by atoms with E-state index in [0.29, 0.717) is 5.82 Å². The first-order valence-electron chi connectivity index (χ1n) is 7.36. The van der Waals surface area contributed by atoms with Gasteiger partial charge in [0.25, 0.3) is 0 Å². The molecule has 1 N–H and O–H groups in total. The van der Waals surface area contributed by atoms with Crippen LogP contribution in [0.5, 0.6) is 0 Å². The molecule has 0 aliphatic heterocycles. The molecule has 8 heteroatoms. The SMILES string of the molecule is O=C(/C=C/c1ccc(F)cc1)NCc1nnnn1-c1ccc(Br)cc1. The predicted octanol–water partition coefficient (Wildman–Crippen LogP) is 2.89. The molecule has 2 aromatic carbocycles. The van der Waals surface area contributed by atoms with E-state index < -0.39 is 0 Å². The van der Waals surface area contributed by atoms with Gasteiger partial charge < -0.3 is 5.32 Å². The normalized spacial score (nSPS) is 11.0. The number of benzene rings is 2. The zero-order valence-electron chi connectivity index (χ0n) is 12.9. The van der Waals surface area contributed by atoms with Crippen molar-refractivity contribution < 1.29 is 9.18 Å². The Kier molecular flexibility index (Phi) is 5.30. The van der Waals surface area contributed by atoms with Crippen molar-refractivity contribution in [3.63, 3.8) is 0 Å². The van der Waals surface area contributed by atoms with Crippen LogP contribution in [0.1, 0.15) is 11.4 Å². The topological polar surface area (TPSA) is 72.7 Å². The fourth-order valence-electron chi connectivity index (χ4n) is 2.07. The first kappa shape index (κ1) is 17.0. The van der Waals surface area contributed by atoms with Crippen molar-refractivity contribution in [2.45, 2.75) is 6.54 Å². The van der Waals surface area contributed by atoms with E-state index in [0.717, 1.165) is 15.7 Å². The van der Waals surface area contributed by atoms with Gasteiger partial charge in [0.15, 0.2) is 5.82 Å². The molecule has 0 radical (unpaired) electrons. The van der Waals surface area contributed by atoms with Gasteiger partial charge in [0, 0.05) is 10.5 Å². The van der Waals surface area contributed by atoms with Gasteiger partial charge >= 0.3 is 0 Å². The van der Waals surface area contributed by atoms with Gasteiger partial charge in [0.2, 0.25) is 5.91 Å². The van der Waals surface area contributed by atoms with Crippen LogP contribution in [0.25, 0.3) is 11.8 Å². The van der Waals surface area contributed by atoms with Crippen molar-refractivity contribution >= 4 is 27.9 Å². The molecule has 0 spiro atoms. The zero-order valence-corrected chi connectivity index (χ0v) is 14.5. The summed E-state index contributed by atoms with van der Waals surface area (Å²) in [7, 11) is 0. The van der Waals surface area contributed by atoms with Crippen LogP contribution in [0.3, 0.4) is 0 Å². The summed E-state index contributed by atoms with van der Waals surface area (Å²) < 4.78 is 15.3. The molecule has 0 atom stereocenters. The number of hydrogen-bond donors (Lipinski definition) is 1. The van der Waals surface area contributed by atoms with Gasteiger partial charge in [-0.2, -0.15) is 4.68 Å². The molecular weight excluding hydrogens is 389 g/mol. The summed E-state index contributed by atoms with van der Waals surface area (Å²) in [4.78, 5) is 11.9. The standard InChI is InChI=1S/C17H13BrFN5O/c18-13-4-8-15(9-5-13)24-16(21-22-23-24)11-20-17(25)10-3-12-1-6-14(19)7-2-12/h1-10H,11H2,(H,20,25)/b10-3+. The highest BCUT2D eigenvalue weighted by Crippen LogP contribution is 2.14. The van der Waals surface area contributed by atoms with Crippen LogP contribution in [-0.4, -0.2) is 26.1 Å². The number of nitrogens with one attached hydrogen (secondary N) is 1. The van der Waals surface area contributed by atoms with Gasteiger partial charge in [-0.15, -0.1) is 5.10 Å². The Morgan fingerprint density at radius 3 is 2.60 bits per heavy atom. The zero-order chi connectivity index (χ0) is 17.6. The molecule has 126 valence electrons. The molecule has 0 bridgehead atoms. The summed E-state index contributed by atoms with van der Waals surface area (Å²) in [6.07, 6.45) is 2.98. The second kappa shape index (κ2) is 7.80. The van der Waals surface area contributed by atoms with Crippen molar-refractivity contribution in [1.82, 2.24) is 25.5 Å². The minimum Gasteiger partial charge on any atom is -0.345 e. The molecule has 6 nitrogen and oxygen atoms in total. The Bertz CT molecular complexity index is 890. The lowest BCUT2D eigenvalue weighted by molar-refractivity contribution is -0.116. The number of nitrogens with zero attached hydrogens (tertiary/aromatic N) is 4. The third-order valence-corrected chi connectivity index (χ3v) is 3.85. The molecular formula is C17H13BrFN5O. The van der Waals surface area contributed by atoms with E-state index in [4.69, 9.17) is 0 Å². The van der Waals surface area contributed by atoms with Crippen LogP contribution in [0, 0.1) is 5.82 Å². The number of halogens is 2. The van der Waals surface area contributed by atoms with Crippen molar-refractivity contribution in [1.29, 1.82) is 0 Å². The summed E-state index contributed by atoms with van der Waals surface area (Å²) in [5.74, 6) is -0.109. The third-order valence-electron chi connectivity index (χ3n) is 3.32. The molecule has 3 rings (SSSR count). The van der Waals surface area contributed by atoms with Crippen LogP contribution in [0.15, 0.2) is 59.1 Å². The molecule has 0 saturated heterocycles. The number of carbonyl (C=O) groups is 1. The number of tetrazole rings is 1. The van der Waals surface area contributed by atoms with Crippen LogP contribution >= 0.6 is 15.9 Å². The average molecular weight is 402 g/mol. The molecule has 1 amide bonds. The van der Waals surface area contributed by atoms with E-state index in [1.54, 1.807) is 22.9 Å². The van der Waals surface area contributed by atoms with Crippen LogP contribution in [0.4, 0.5) is 4.39 Å². The minimum absolute atomic E-state index is 0.176. The van der Waals surface area contributed by atoms with Crippen molar-refractivity contribution in [3.8, 4) is 5.69 Å². The summed E-state index contributed by atoms with van der Waals surface area (Å²) in [6.45, 7) is 0.176. The lowest BCUT2D eigenvalue weighted by Gasteiger charge is -2.05. The van der Waals surface area contributed by atoms with Crippen LogP contribution in [-0.2, 0) is 11.3 Å². The molecule has 1 aromatic heterocycles. The number of rotatable bonds is 5. The van der Waals surface area contributed by atoms with Gasteiger partial charge in [-0.05, 0) is 58.5 Å². The fourth-order valence-corrected chi connectivity index (χ4v) is 2.33. The van der Waals surface area contributed by atoms with Gasteiger partial charge in [0.1, 0.15) is 5.82 Å². The second-order valence-corrected chi connectivity index (χ2v) is 6.00. The Morgan fingerprint density at radius 1 is 1.16 bits per heavy atom. The summed E-state index contributed by atoms with van der Waals surface area (Å²) in [5, 5.41) is 14.2. The molecule has 0 aliphatic carbocycles. The largest absolute Gasteiger partial charge is 0.345 e. The smallest absolute Gasteiger partial charge is 0.244 e. The highest BCUT2D eigenvalue weighted by Gasteiger charge is 2.08. The highest BCUT2D eigenvalue weighted by molar-refractivity contribution is 9.10. The first-order valence-corrected chi connectivity index (χ1v) is 8.16. The summed E-state index contributed by atoms with van der Waals surface area (Å²) in [6, 6.07) is 13.3. The van der Waals surface area contributed by atoms with Crippen LogP contribution in [0.2, 0.25) is 0 Å². The maximum absolute atomic E-state index is 12.8. The van der Waals surface area contributed by atoms with Crippen LogP contribution < -0.4 is 5.32 Å². The van der Waals surface area contributed by atoms with Gasteiger partial charge in [-0.25, -0.2) is 4.39 Å². The Morgan fingerprint density at radius 2 is 1.88 bits per heavy atom. The Hall–Kier alpha value is -2.87. The monoisotopic (exact) mass is 401 g/mol. The van der Waals surface area contributed by atoms with E-state index in [1.807, 2.05) is 24.3 Å². The quantitative estimate of drug-likeness (QED) is 0.667. The lowest BCUT2D eigenvalue weighted by atomic mass is 10.2. The number of hydrogen-bond acceptors (Lipinski definition) is 4.